The van der Waals surface area contributed by atoms with Crippen LogP contribution in [0.1, 0.15) is 12.5 Å². The molecule has 0 bridgehead atoms. The molecule has 0 aromatic heterocycles. The van der Waals surface area contributed by atoms with Gasteiger partial charge in [0.05, 0.1) is 12.3 Å². The first-order valence-electron chi connectivity index (χ1n) is 7.20. The van der Waals surface area contributed by atoms with Crippen LogP contribution in [0.15, 0.2) is 48.5 Å². The lowest BCUT2D eigenvalue weighted by Gasteiger charge is -2.12. The number of nitrogens with one attached hydrogen (secondary N) is 2. The molecular formula is C17H19FN2O2. The molecule has 0 atom stereocenters. The summed E-state index contributed by atoms with van der Waals surface area (Å²) in [6.07, 6.45) is 0.438. The van der Waals surface area contributed by atoms with Crippen molar-refractivity contribution in [2.75, 3.05) is 18.5 Å². The van der Waals surface area contributed by atoms with E-state index < -0.39 is 0 Å². The van der Waals surface area contributed by atoms with E-state index in [4.69, 9.17) is 4.74 Å². The van der Waals surface area contributed by atoms with Gasteiger partial charge in [-0.2, -0.15) is 0 Å². The minimum Gasteiger partial charge on any atom is -0.492 e. The first kappa shape index (κ1) is 15.8. The Labute approximate surface area is 129 Å². The van der Waals surface area contributed by atoms with E-state index in [1.54, 1.807) is 30.3 Å². The largest absolute Gasteiger partial charge is 0.492 e. The molecule has 0 fully saturated rings. The van der Waals surface area contributed by atoms with E-state index in [2.05, 4.69) is 10.6 Å². The van der Waals surface area contributed by atoms with Crippen LogP contribution in [-0.4, -0.2) is 19.2 Å². The molecule has 0 aliphatic heterocycles. The van der Waals surface area contributed by atoms with E-state index in [0.717, 1.165) is 0 Å². The van der Waals surface area contributed by atoms with Crippen LogP contribution in [0.3, 0.4) is 0 Å². The molecule has 0 spiro atoms. The third kappa shape index (κ3) is 4.48. The summed E-state index contributed by atoms with van der Waals surface area (Å²) in [5, 5.41) is 5.43. The zero-order valence-corrected chi connectivity index (χ0v) is 12.4. The molecule has 2 aromatic carbocycles. The molecule has 0 radical (unpaired) electrons. The number of benzene rings is 2. The summed E-state index contributed by atoms with van der Waals surface area (Å²) in [6.45, 7) is 2.75. The van der Waals surface area contributed by atoms with Gasteiger partial charge < -0.3 is 15.4 Å². The van der Waals surface area contributed by atoms with E-state index >= 15 is 0 Å². The average Bonchev–Trinajstić information content (AvgIpc) is 2.51. The molecule has 2 aromatic rings. The Morgan fingerprint density at radius 1 is 1.14 bits per heavy atom. The Balaban J connectivity index is 1.85. The number of carbonyl (C=O) groups excluding carboxylic acids is 1. The molecule has 2 rings (SSSR count). The fraction of sp³-hybridized carbons (Fsp3) is 0.235. The number of rotatable bonds is 6. The fourth-order valence-corrected chi connectivity index (χ4v) is 2.03. The number of urea groups is 1. The molecule has 2 N–H and O–H groups in total. The van der Waals surface area contributed by atoms with Gasteiger partial charge in [0.1, 0.15) is 11.6 Å². The van der Waals surface area contributed by atoms with Crippen LogP contribution in [0.2, 0.25) is 0 Å². The van der Waals surface area contributed by atoms with Crippen LogP contribution in [-0.2, 0) is 6.42 Å². The third-order valence-electron chi connectivity index (χ3n) is 3.07. The molecule has 0 saturated heterocycles. The smallest absolute Gasteiger partial charge is 0.319 e. The number of anilines is 1. The Morgan fingerprint density at radius 2 is 1.86 bits per heavy atom. The maximum atomic E-state index is 13.5. The fourth-order valence-electron chi connectivity index (χ4n) is 2.03. The zero-order chi connectivity index (χ0) is 15.8. The van der Waals surface area contributed by atoms with Gasteiger partial charge in [0.15, 0.2) is 0 Å². The topological polar surface area (TPSA) is 50.4 Å². The third-order valence-corrected chi connectivity index (χ3v) is 3.07. The van der Waals surface area contributed by atoms with Gasteiger partial charge in [-0.05, 0) is 37.1 Å². The second-order valence-electron chi connectivity index (χ2n) is 4.65. The number of amides is 2. The summed E-state index contributed by atoms with van der Waals surface area (Å²) in [5.41, 5.74) is 1.19. The van der Waals surface area contributed by atoms with E-state index in [9.17, 15) is 9.18 Å². The van der Waals surface area contributed by atoms with Crippen LogP contribution < -0.4 is 15.4 Å². The summed E-state index contributed by atoms with van der Waals surface area (Å²) in [4.78, 5) is 11.9. The van der Waals surface area contributed by atoms with Crippen molar-refractivity contribution in [2.45, 2.75) is 13.3 Å². The normalized spacial score (nSPS) is 10.1. The molecule has 0 aliphatic carbocycles. The van der Waals surface area contributed by atoms with Crippen molar-refractivity contribution in [3.05, 3.63) is 59.9 Å². The Bertz CT molecular complexity index is 632. The molecule has 22 heavy (non-hydrogen) atoms. The lowest BCUT2D eigenvalue weighted by atomic mass is 10.1. The predicted molar refractivity (Wildman–Crippen MR) is 84.7 cm³/mol. The summed E-state index contributed by atoms with van der Waals surface area (Å²) in [5.74, 6) is 0.362. The van der Waals surface area contributed by atoms with E-state index in [0.29, 0.717) is 36.6 Å². The van der Waals surface area contributed by atoms with Crippen molar-refractivity contribution in [2.24, 2.45) is 0 Å². The SMILES string of the molecule is CCOc1ccccc1NC(=O)NCCc1ccccc1F. The van der Waals surface area contributed by atoms with Gasteiger partial charge in [0, 0.05) is 6.54 Å². The molecule has 4 nitrogen and oxygen atoms in total. The summed E-state index contributed by atoms with van der Waals surface area (Å²) in [6, 6.07) is 13.4. The number of para-hydroxylation sites is 2. The number of hydrogen-bond donors (Lipinski definition) is 2. The number of hydrogen-bond acceptors (Lipinski definition) is 2. The lowest BCUT2D eigenvalue weighted by molar-refractivity contribution is 0.252. The van der Waals surface area contributed by atoms with Gasteiger partial charge in [-0.25, -0.2) is 9.18 Å². The van der Waals surface area contributed by atoms with Gasteiger partial charge in [-0.15, -0.1) is 0 Å². The molecule has 5 heteroatoms. The first-order chi connectivity index (χ1) is 10.7. The Morgan fingerprint density at radius 3 is 2.64 bits per heavy atom. The highest BCUT2D eigenvalue weighted by Crippen LogP contribution is 2.23. The summed E-state index contributed by atoms with van der Waals surface area (Å²) < 4.78 is 18.9. The summed E-state index contributed by atoms with van der Waals surface area (Å²) in [7, 11) is 0. The van der Waals surface area contributed by atoms with Crippen LogP contribution in [0.25, 0.3) is 0 Å². The van der Waals surface area contributed by atoms with Crippen molar-refractivity contribution >= 4 is 11.7 Å². The number of halogens is 1. The Kier molecular flexibility index (Phi) is 5.77. The Hall–Kier alpha value is -2.56. The molecule has 0 heterocycles. The minimum absolute atomic E-state index is 0.258. The van der Waals surface area contributed by atoms with Crippen molar-refractivity contribution in [3.8, 4) is 5.75 Å². The van der Waals surface area contributed by atoms with Crippen molar-refractivity contribution in [3.63, 3.8) is 0 Å². The molecule has 116 valence electrons. The monoisotopic (exact) mass is 302 g/mol. The number of ether oxygens (including phenoxy) is 1. The quantitative estimate of drug-likeness (QED) is 0.856. The second-order valence-corrected chi connectivity index (χ2v) is 4.65. The summed E-state index contributed by atoms with van der Waals surface area (Å²) >= 11 is 0. The van der Waals surface area contributed by atoms with Crippen LogP contribution >= 0.6 is 0 Å². The van der Waals surface area contributed by atoms with Gasteiger partial charge in [-0.3, -0.25) is 0 Å². The minimum atomic E-state index is -0.344. The van der Waals surface area contributed by atoms with Gasteiger partial charge in [-0.1, -0.05) is 30.3 Å². The highest BCUT2D eigenvalue weighted by molar-refractivity contribution is 5.90. The predicted octanol–water partition coefficient (Wildman–Crippen LogP) is 3.59. The number of carbonyl (C=O) groups is 1. The van der Waals surface area contributed by atoms with Gasteiger partial charge >= 0.3 is 6.03 Å². The van der Waals surface area contributed by atoms with Gasteiger partial charge in [0.25, 0.3) is 0 Å². The standard InChI is InChI=1S/C17H19FN2O2/c1-2-22-16-10-6-5-9-15(16)20-17(21)19-12-11-13-7-3-4-8-14(13)18/h3-10H,2,11-12H2,1H3,(H2,19,20,21). The second kappa shape index (κ2) is 8.02. The van der Waals surface area contributed by atoms with Crippen LogP contribution in [0.4, 0.5) is 14.9 Å². The van der Waals surface area contributed by atoms with E-state index in [1.807, 2.05) is 19.1 Å². The molecule has 2 amide bonds. The van der Waals surface area contributed by atoms with E-state index in [-0.39, 0.29) is 11.8 Å². The van der Waals surface area contributed by atoms with Crippen molar-refractivity contribution in [1.82, 2.24) is 5.32 Å². The molecule has 0 unspecified atom stereocenters. The maximum absolute atomic E-state index is 13.5. The highest BCUT2D eigenvalue weighted by Gasteiger charge is 2.07. The lowest BCUT2D eigenvalue weighted by Crippen LogP contribution is -2.30. The maximum Gasteiger partial charge on any atom is 0.319 e. The van der Waals surface area contributed by atoms with Crippen molar-refractivity contribution in [1.29, 1.82) is 0 Å². The zero-order valence-electron chi connectivity index (χ0n) is 12.4. The van der Waals surface area contributed by atoms with Crippen LogP contribution in [0, 0.1) is 5.82 Å². The van der Waals surface area contributed by atoms with Crippen molar-refractivity contribution < 1.29 is 13.9 Å². The van der Waals surface area contributed by atoms with E-state index in [1.165, 1.54) is 6.07 Å². The molecule has 0 aliphatic rings. The molecule has 0 saturated carbocycles. The average molecular weight is 302 g/mol. The highest BCUT2D eigenvalue weighted by atomic mass is 19.1. The first-order valence-corrected chi connectivity index (χ1v) is 7.20. The van der Waals surface area contributed by atoms with Crippen LogP contribution in [0.5, 0.6) is 5.75 Å². The molecular weight excluding hydrogens is 283 g/mol. The van der Waals surface area contributed by atoms with Gasteiger partial charge in [0.2, 0.25) is 0 Å².